The van der Waals surface area contributed by atoms with Gasteiger partial charge < -0.3 is 4.57 Å². The van der Waals surface area contributed by atoms with Gasteiger partial charge in [-0.1, -0.05) is 13.0 Å². The second-order valence-electron chi connectivity index (χ2n) is 3.38. The van der Waals surface area contributed by atoms with E-state index < -0.39 is 0 Å². The minimum atomic E-state index is -0.130. The number of aryl methyl sites for hydroxylation is 1. The molecule has 0 fully saturated rings. The van der Waals surface area contributed by atoms with Gasteiger partial charge in [-0.25, -0.2) is 4.39 Å². The Labute approximate surface area is 93.3 Å². The lowest BCUT2D eigenvalue weighted by atomic mass is 10.2. The van der Waals surface area contributed by atoms with Crippen LogP contribution < -0.4 is 0 Å². The maximum Gasteiger partial charge on any atom is 0.132 e. The molecule has 15 heavy (non-hydrogen) atoms. The maximum absolute atomic E-state index is 13.4. The second kappa shape index (κ2) is 4.71. The first-order valence-corrected chi connectivity index (χ1v) is 6.29. The Kier molecular flexibility index (Phi) is 3.31. The average Bonchev–Trinajstić information content (AvgIpc) is 2.64. The summed E-state index contributed by atoms with van der Waals surface area (Å²) >= 11 is 1.90. The van der Waals surface area contributed by atoms with E-state index >= 15 is 0 Å². The summed E-state index contributed by atoms with van der Waals surface area (Å²) in [6.07, 6.45) is 1.96. The van der Waals surface area contributed by atoms with Gasteiger partial charge in [0, 0.05) is 23.9 Å². The number of thioether (sulfide) groups is 1. The minimum Gasteiger partial charge on any atom is -0.347 e. The van der Waals surface area contributed by atoms with Crippen molar-refractivity contribution in [1.82, 2.24) is 4.57 Å². The Hall–Kier alpha value is -0.960. The number of fused-ring (bicyclic) bond motifs is 1. The zero-order valence-corrected chi connectivity index (χ0v) is 9.56. The summed E-state index contributed by atoms with van der Waals surface area (Å²) in [6, 6.07) is 7.09. The molecule has 0 saturated heterocycles. The highest BCUT2D eigenvalue weighted by Gasteiger charge is 2.04. The maximum atomic E-state index is 13.4. The number of nitrogens with zero attached hydrogens (tertiary/aromatic N) is 1. The van der Waals surface area contributed by atoms with Crippen molar-refractivity contribution in [3.8, 4) is 0 Å². The third kappa shape index (κ3) is 2.17. The van der Waals surface area contributed by atoms with Crippen molar-refractivity contribution >= 4 is 22.7 Å². The lowest BCUT2D eigenvalue weighted by molar-refractivity contribution is 0.639. The first-order valence-electron chi connectivity index (χ1n) is 5.14. The highest BCUT2D eigenvalue weighted by molar-refractivity contribution is 7.99. The molecular formula is C12H14FNS. The van der Waals surface area contributed by atoms with Crippen molar-refractivity contribution in [2.24, 2.45) is 0 Å². The van der Waals surface area contributed by atoms with Crippen LogP contribution in [-0.2, 0) is 6.54 Å². The molecule has 0 saturated carbocycles. The van der Waals surface area contributed by atoms with Crippen molar-refractivity contribution in [3.63, 3.8) is 0 Å². The van der Waals surface area contributed by atoms with Gasteiger partial charge in [0.05, 0.1) is 5.52 Å². The van der Waals surface area contributed by atoms with Crippen molar-refractivity contribution < 1.29 is 4.39 Å². The molecule has 1 heterocycles. The van der Waals surface area contributed by atoms with E-state index in [9.17, 15) is 4.39 Å². The van der Waals surface area contributed by atoms with Crippen molar-refractivity contribution in [3.05, 3.63) is 36.3 Å². The summed E-state index contributed by atoms with van der Waals surface area (Å²) < 4.78 is 15.5. The molecule has 80 valence electrons. The zero-order valence-electron chi connectivity index (χ0n) is 8.74. The summed E-state index contributed by atoms with van der Waals surface area (Å²) in [4.78, 5) is 0. The molecular weight excluding hydrogens is 209 g/mol. The summed E-state index contributed by atoms with van der Waals surface area (Å²) in [7, 11) is 0. The Morgan fingerprint density at radius 3 is 3.00 bits per heavy atom. The Bertz CT molecular complexity index is 450. The van der Waals surface area contributed by atoms with Crippen LogP contribution >= 0.6 is 11.8 Å². The Morgan fingerprint density at radius 1 is 1.33 bits per heavy atom. The predicted octanol–water partition coefficient (Wildman–Crippen LogP) is 3.53. The quantitative estimate of drug-likeness (QED) is 0.718. The van der Waals surface area contributed by atoms with Gasteiger partial charge in [-0.05, 0) is 24.0 Å². The van der Waals surface area contributed by atoms with Gasteiger partial charge in [-0.3, -0.25) is 0 Å². The zero-order chi connectivity index (χ0) is 10.7. The summed E-state index contributed by atoms with van der Waals surface area (Å²) in [5.74, 6) is 2.08. The molecule has 0 N–H and O–H groups in total. The molecule has 1 aromatic heterocycles. The van der Waals surface area contributed by atoms with E-state index in [-0.39, 0.29) is 5.82 Å². The van der Waals surface area contributed by atoms with Crippen LogP contribution in [0.5, 0.6) is 0 Å². The van der Waals surface area contributed by atoms with E-state index in [1.165, 1.54) is 6.07 Å². The van der Waals surface area contributed by atoms with Crippen LogP contribution in [0.25, 0.3) is 10.9 Å². The number of aromatic nitrogens is 1. The molecule has 0 atom stereocenters. The van der Waals surface area contributed by atoms with Crippen molar-refractivity contribution in [2.45, 2.75) is 13.5 Å². The molecule has 1 aromatic carbocycles. The molecule has 2 aromatic rings. The fourth-order valence-corrected chi connectivity index (χ4v) is 2.30. The number of rotatable bonds is 4. The largest absolute Gasteiger partial charge is 0.347 e. The summed E-state index contributed by atoms with van der Waals surface area (Å²) in [5, 5.41) is 0.721. The van der Waals surface area contributed by atoms with Gasteiger partial charge in [0.25, 0.3) is 0 Å². The van der Waals surface area contributed by atoms with Crippen molar-refractivity contribution in [2.75, 3.05) is 11.5 Å². The fraction of sp³-hybridized carbons (Fsp3) is 0.333. The van der Waals surface area contributed by atoms with E-state index in [0.717, 1.165) is 29.0 Å². The Balaban J connectivity index is 2.25. The normalized spacial score (nSPS) is 11.1. The second-order valence-corrected chi connectivity index (χ2v) is 4.77. The van der Waals surface area contributed by atoms with E-state index in [1.807, 2.05) is 30.1 Å². The summed E-state index contributed by atoms with van der Waals surface area (Å²) in [6.45, 7) is 3.10. The van der Waals surface area contributed by atoms with Gasteiger partial charge in [-0.15, -0.1) is 0 Å². The molecule has 0 spiro atoms. The topological polar surface area (TPSA) is 4.93 Å². The Morgan fingerprint density at radius 2 is 2.20 bits per heavy atom. The predicted molar refractivity (Wildman–Crippen MR) is 64.9 cm³/mol. The SMILES string of the molecule is CCSCCn1ccc2c(F)cccc21. The van der Waals surface area contributed by atoms with Crippen LogP contribution in [0, 0.1) is 5.82 Å². The third-order valence-corrected chi connectivity index (χ3v) is 3.32. The number of halogens is 1. The van der Waals surface area contributed by atoms with E-state index in [4.69, 9.17) is 0 Å². The van der Waals surface area contributed by atoms with E-state index in [0.29, 0.717) is 0 Å². The first kappa shape index (κ1) is 10.6. The molecule has 0 amide bonds. The molecule has 0 aliphatic heterocycles. The highest BCUT2D eigenvalue weighted by Crippen LogP contribution is 2.19. The van der Waals surface area contributed by atoms with E-state index in [2.05, 4.69) is 11.5 Å². The average molecular weight is 223 g/mol. The highest BCUT2D eigenvalue weighted by atomic mass is 32.2. The molecule has 0 radical (unpaired) electrons. The summed E-state index contributed by atoms with van der Waals surface area (Å²) in [5.41, 5.74) is 0.992. The molecule has 0 unspecified atom stereocenters. The molecule has 0 aliphatic rings. The van der Waals surface area contributed by atoms with Gasteiger partial charge in [-0.2, -0.15) is 11.8 Å². The first-order chi connectivity index (χ1) is 7.33. The number of hydrogen-bond donors (Lipinski definition) is 0. The fourth-order valence-electron chi connectivity index (χ4n) is 1.69. The standard InChI is InChI=1S/C12H14FNS/c1-2-15-9-8-14-7-6-10-11(13)4-3-5-12(10)14/h3-7H,2,8-9H2,1H3. The monoisotopic (exact) mass is 223 g/mol. The smallest absolute Gasteiger partial charge is 0.132 e. The van der Waals surface area contributed by atoms with Crippen LogP contribution in [0.1, 0.15) is 6.92 Å². The van der Waals surface area contributed by atoms with E-state index in [1.54, 1.807) is 6.07 Å². The minimum absolute atomic E-state index is 0.130. The molecule has 2 rings (SSSR count). The molecule has 0 bridgehead atoms. The van der Waals surface area contributed by atoms with Gasteiger partial charge in [0.2, 0.25) is 0 Å². The molecule has 3 heteroatoms. The molecule has 1 nitrogen and oxygen atoms in total. The van der Waals surface area contributed by atoms with Crippen LogP contribution in [-0.4, -0.2) is 16.1 Å². The number of benzene rings is 1. The van der Waals surface area contributed by atoms with Crippen molar-refractivity contribution in [1.29, 1.82) is 0 Å². The van der Waals surface area contributed by atoms with Crippen LogP contribution in [0.15, 0.2) is 30.5 Å². The molecule has 0 aliphatic carbocycles. The van der Waals surface area contributed by atoms with Crippen LogP contribution in [0.3, 0.4) is 0 Å². The van der Waals surface area contributed by atoms with Crippen LogP contribution in [0.2, 0.25) is 0 Å². The van der Waals surface area contributed by atoms with Gasteiger partial charge in [0.1, 0.15) is 5.82 Å². The third-order valence-electron chi connectivity index (χ3n) is 2.44. The lowest BCUT2D eigenvalue weighted by Gasteiger charge is -2.04. The number of hydrogen-bond acceptors (Lipinski definition) is 1. The van der Waals surface area contributed by atoms with Crippen LogP contribution in [0.4, 0.5) is 4.39 Å². The van der Waals surface area contributed by atoms with Gasteiger partial charge >= 0.3 is 0 Å². The van der Waals surface area contributed by atoms with Gasteiger partial charge in [0.15, 0.2) is 0 Å². The lowest BCUT2D eigenvalue weighted by Crippen LogP contribution is -1.98.